The van der Waals surface area contributed by atoms with Crippen molar-refractivity contribution in [2.45, 2.75) is 6.54 Å². The quantitative estimate of drug-likeness (QED) is 0.864. The summed E-state index contributed by atoms with van der Waals surface area (Å²) < 4.78 is 12.8. The van der Waals surface area contributed by atoms with E-state index < -0.39 is 0 Å². The molecule has 21 heavy (non-hydrogen) atoms. The van der Waals surface area contributed by atoms with Gasteiger partial charge in [0, 0.05) is 18.0 Å². The van der Waals surface area contributed by atoms with E-state index in [0.717, 1.165) is 17.8 Å². The van der Waals surface area contributed by atoms with Crippen molar-refractivity contribution in [3.63, 3.8) is 0 Å². The van der Waals surface area contributed by atoms with Crippen molar-refractivity contribution in [1.82, 2.24) is 9.88 Å². The summed E-state index contributed by atoms with van der Waals surface area (Å²) in [5, 5.41) is 5.19. The molecule has 0 aliphatic rings. The molecule has 0 spiro atoms. The number of rotatable bonds is 5. The summed E-state index contributed by atoms with van der Waals surface area (Å²) in [6.45, 7) is 0.734. The number of nitrogens with one attached hydrogen (secondary N) is 1. The molecule has 1 amide bonds. The first-order valence-electron chi connectivity index (χ1n) is 6.37. The fourth-order valence-electron chi connectivity index (χ4n) is 1.65. The molecule has 0 atom stereocenters. The Bertz CT molecular complexity index is 635. The van der Waals surface area contributed by atoms with E-state index in [4.69, 9.17) is 0 Å². The van der Waals surface area contributed by atoms with Gasteiger partial charge in [-0.3, -0.25) is 10.1 Å². The summed E-state index contributed by atoms with van der Waals surface area (Å²) in [5.74, 6) is -0.558. The van der Waals surface area contributed by atoms with Crippen LogP contribution in [0.2, 0.25) is 0 Å². The summed E-state index contributed by atoms with van der Waals surface area (Å²) in [6.07, 6.45) is 3.03. The Labute approximate surface area is 126 Å². The molecule has 0 unspecified atom stereocenters. The smallest absolute Gasteiger partial charge is 0.250 e. The van der Waals surface area contributed by atoms with Gasteiger partial charge in [-0.1, -0.05) is 12.1 Å². The number of amides is 1. The number of benzene rings is 1. The zero-order valence-corrected chi connectivity index (χ0v) is 12.7. The predicted octanol–water partition coefficient (Wildman–Crippen LogP) is 3.00. The van der Waals surface area contributed by atoms with Crippen LogP contribution < -0.4 is 5.32 Å². The molecule has 110 valence electrons. The predicted molar refractivity (Wildman–Crippen MR) is 83.6 cm³/mol. The van der Waals surface area contributed by atoms with Gasteiger partial charge in [-0.25, -0.2) is 9.37 Å². The van der Waals surface area contributed by atoms with Gasteiger partial charge in [0.1, 0.15) is 5.82 Å². The standard InChI is InChI=1S/C15H16FN3OS/c1-19(2)9-13-10-21-15(17-13)18-14(20)8-5-11-3-6-12(16)7-4-11/h3-8,10H,9H2,1-2H3,(H,17,18,20)/b8-5+. The van der Waals surface area contributed by atoms with E-state index in [1.807, 2.05) is 24.4 Å². The molecule has 0 aliphatic heterocycles. The lowest BCUT2D eigenvalue weighted by molar-refractivity contribution is -0.111. The molecule has 2 aromatic rings. The van der Waals surface area contributed by atoms with Crippen molar-refractivity contribution >= 4 is 28.5 Å². The highest BCUT2D eigenvalue weighted by Gasteiger charge is 2.05. The molecule has 2 rings (SSSR count). The molecular formula is C15H16FN3OS. The van der Waals surface area contributed by atoms with Crippen molar-refractivity contribution in [3.05, 3.63) is 52.8 Å². The van der Waals surface area contributed by atoms with Crippen LogP contribution in [0.15, 0.2) is 35.7 Å². The van der Waals surface area contributed by atoms with E-state index in [1.54, 1.807) is 18.2 Å². The van der Waals surface area contributed by atoms with Crippen molar-refractivity contribution in [1.29, 1.82) is 0 Å². The Balaban J connectivity index is 1.92. The van der Waals surface area contributed by atoms with Gasteiger partial charge in [-0.05, 0) is 37.9 Å². The Morgan fingerprint density at radius 2 is 2.10 bits per heavy atom. The van der Waals surface area contributed by atoms with E-state index in [0.29, 0.717) is 5.13 Å². The third-order valence-corrected chi connectivity index (χ3v) is 3.36. The number of anilines is 1. The van der Waals surface area contributed by atoms with Gasteiger partial charge in [0.2, 0.25) is 5.91 Å². The van der Waals surface area contributed by atoms with E-state index in [1.165, 1.54) is 29.5 Å². The van der Waals surface area contributed by atoms with Crippen LogP contribution in [0.1, 0.15) is 11.3 Å². The molecule has 0 bridgehead atoms. The van der Waals surface area contributed by atoms with Gasteiger partial charge in [0.15, 0.2) is 5.13 Å². The number of halogens is 1. The largest absolute Gasteiger partial charge is 0.304 e. The van der Waals surface area contributed by atoms with Crippen LogP contribution >= 0.6 is 11.3 Å². The number of thiazole rings is 1. The first kappa shape index (κ1) is 15.3. The molecular weight excluding hydrogens is 289 g/mol. The first-order valence-corrected chi connectivity index (χ1v) is 7.24. The summed E-state index contributed by atoms with van der Waals surface area (Å²) in [4.78, 5) is 18.1. The molecule has 1 aromatic carbocycles. The molecule has 4 nitrogen and oxygen atoms in total. The molecule has 0 fully saturated rings. The first-order chi connectivity index (χ1) is 10.0. The molecule has 1 N–H and O–H groups in total. The molecule has 6 heteroatoms. The van der Waals surface area contributed by atoms with E-state index in [-0.39, 0.29) is 11.7 Å². The zero-order valence-electron chi connectivity index (χ0n) is 11.8. The monoisotopic (exact) mass is 305 g/mol. The Hall–Kier alpha value is -2.05. The summed E-state index contributed by atoms with van der Waals surface area (Å²) in [6, 6.07) is 5.92. The van der Waals surface area contributed by atoms with Crippen LogP contribution in [0.3, 0.4) is 0 Å². The average Bonchev–Trinajstić information content (AvgIpc) is 2.84. The van der Waals surface area contributed by atoms with Crippen LogP contribution in [0, 0.1) is 5.82 Å². The highest BCUT2D eigenvalue weighted by atomic mass is 32.1. The zero-order chi connectivity index (χ0) is 15.2. The fourth-order valence-corrected chi connectivity index (χ4v) is 2.36. The molecule has 0 radical (unpaired) electrons. The fraction of sp³-hybridized carbons (Fsp3) is 0.200. The second-order valence-electron chi connectivity index (χ2n) is 4.76. The number of nitrogens with zero attached hydrogens (tertiary/aromatic N) is 2. The topological polar surface area (TPSA) is 45.2 Å². The van der Waals surface area contributed by atoms with Gasteiger partial charge in [0.05, 0.1) is 5.69 Å². The van der Waals surface area contributed by atoms with E-state index in [9.17, 15) is 9.18 Å². The summed E-state index contributed by atoms with van der Waals surface area (Å²) >= 11 is 1.39. The lowest BCUT2D eigenvalue weighted by Crippen LogP contribution is -2.11. The normalized spacial score (nSPS) is 11.2. The molecule has 0 saturated carbocycles. The second kappa shape index (κ2) is 7.10. The maximum Gasteiger partial charge on any atom is 0.250 e. The molecule has 0 aliphatic carbocycles. The maximum absolute atomic E-state index is 12.8. The third-order valence-electron chi connectivity index (χ3n) is 2.56. The van der Waals surface area contributed by atoms with Gasteiger partial charge < -0.3 is 4.90 Å². The van der Waals surface area contributed by atoms with E-state index >= 15 is 0 Å². The van der Waals surface area contributed by atoms with Crippen molar-refractivity contribution in [2.75, 3.05) is 19.4 Å². The van der Waals surface area contributed by atoms with Crippen LogP contribution in [0.4, 0.5) is 9.52 Å². The van der Waals surface area contributed by atoms with E-state index in [2.05, 4.69) is 10.3 Å². The van der Waals surface area contributed by atoms with Crippen molar-refractivity contribution < 1.29 is 9.18 Å². The highest BCUT2D eigenvalue weighted by Crippen LogP contribution is 2.16. The van der Waals surface area contributed by atoms with Crippen LogP contribution in [0.25, 0.3) is 6.08 Å². The average molecular weight is 305 g/mol. The van der Waals surface area contributed by atoms with Crippen LogP contribution in [-0.2, 0) is 11.3 Å². The Morgan fingerprint density at radius 3 is 2.76 bits per heavy atom. The van der Waals surface area contributed by atoms with Gasteiger partial charge in [-0.15, -0.1) is 11.3 Å². The number of carbonyl (C=O) groups excluding carboxylic acids is 1. The minimum absolute atomic E-state index is 0.259. The van der Waals surface area contributed by atoms with Gasteiger partial charge >= 0.3 is 0 Å². The molecule has 1 aromatic heterocycles. The van der Waals surface area contributed by atoms with Crippen LogP contribution in [-0.4, -0.2) is 29.9 Å². The maximum atomic E-state index is 12.8. The molecule has 0 saturated heterocycles. The minimum atomic E-state index is -0.298. The van der Waals surface area contributed by atoms with Gasteiger partial charge in [0.25, 0.3) is 0 Å². The van der Waals surface area contributed by atoms with Crippen molar-refractivity contribution in [2.24, 2.45) is 0 Å². The number of aromatic nitrogens is 1. The van der Waals surface area contributed by atoms with Gasteiger partial charge in [-0.2, -0.15) is 0 Å². The minimum Gasteiger partial charge on any atom is -0.304 e. The number of hydrogen-bond donors (Lipinski definition) is 1. The third kappa shape index (κ3) is 5.09. The SMILES string of the molecule is CN(C)Cc1csc(NC(=O)/C=C/c2ccc(F)cc2)n1. The second-order valence-corrected chi connectivity index (χ2v) is 5.61. The summed E-state index contributed by atoms with van der Waals surface area (Å²) in [5.41, 5.74) is 1.68. The Kier molecular flexibility index (Phi) is 5.19. The summed E-state index contributed by atoms with van der Waals surface area (Å²) in [7, 11) is 3.92. The lowest BCUT2D eigenvalue weighted by atomic mass is 10.2. The van der Waals surface area contributed by atoms with Crippen molar-refractivity contribution in [3.8, 4) is 0 Å². The Morgan fingerprint density at radius 1 is 1.38 bits per heavy atom. The number of hydrogen-bond acceptors (Lipinski definition) is 4. The highest BCUT2D eigenvalue weighted by molar-refractivity contribution is 7.13. The number of carbonyl (C=O) groups is 1. The molecule has 1 heterocycles. The van der Waals surface area contributed by atoms with Crippen LogP contribution in [0.5, 0.6) is 0 Å². The lowest BCUT2D eigenvalue weighted by Gasteiger charge is -2.05.